The zero-order valence-electron chi connectivity index (χ0n) is 4.28. The van der Waals surface area contributed by atoms with Crippen LogP contribution in [-0.4, -0.2) is 10.3 Å². The van der Waals surface area contributed by atoms with Gasteiger partial charge in [-0.3, -0.25) is 0 Å². The quantitative estimate of drug-likeness (QED) is 0.558. The Kier molecular flexibility index (Phi) is 2.57. The van der Waals surface area contributed by atoms with Crippen molar-refractivity contribution in [3.63, 3.8) is 0 Å². The number of carbonyl (C=O) groups is 1. The van der Waals surface area contributed by atoms with Crippen LogP contribution in [0.25, 0.3) is 0 Å². The second kappa shape index (κ2) is 2.55. The van der Waals surface area contributed by atoms with Crippen LogP contribution in [0.15, 0.2) is 0 Å². The molecule has 0 unspecified atom stereocenters. The molecule has 0 N–H and O–H groups in total. The predicted molar refractivity (Wildman–Crippen MR) is 30.4 cm³/mol. The normalized spacial score (nSPS) is 11.4. The molecule has 0 aliphatic carbocycles. The van der Waals surface area contributed by atoms with Crippen LogP contribution < -0.4 is 0 Å². The van der Waals surface area contributed by atoms with Crippen molar-refractivity contribution in [2.24, 2.45) is 0 Å². The Morgan fingerprint density at radius 2 is 2.00 bits per heavy atom. The van der Waals surface area contributed by atoms with Gasteiger partial charge >= 0.3 is 5.97 Å². The minimum atomic E-state index is -1.71. The van der Waals surface area contributed by atoms with Crippen LogP contribution >= 0.6 is 23.2 Å². The van der Waals surface area contributed by atoms with Crippen LogP contribution in [0.1, 0.15) is 13.3 Å². The number of carbonyl (C=O) groups excluding carboxylic acids is 1. The van der Waals surface area contributed by atoms with E-state index in [9.17, 15) is 9.90 Å². The van der Waals surface area contributed by atoms with Crippen LogP contribution in [0, 0.1) is 0 Å². The van der Waals surface area contributed by atoms with Crippen LogP contribution in [0.3, 0.4) is 0 Å². The Labute approximate surface area is 57.4 Å². The lowest BCUT2D eigenvalue weighted by Gasteiger charge is -2.06. The van der Waals surface area contributed by atoms with Crippen molar-refractivity contribution in [3.05, 3.63) is 0 Å². The van der Waals surface area contributed by atoms with Gasteiger partial charge in [-0.2, -0.15) is 0 Å². The molecular formula is C4H5Cl2O2. The first-order valence-electron chi connectivity index (χ1n) is 2.10. The maximum absolute atomic E-state index is 9.88. The largest absolute Gasteiger partial charge is 0.391 e. The minimum Gasteiger partial charge on any atom is -0.244 e. The van der Waals surface area contributed by atoms with Crippen molar-refractivity contribution in [1.82, 2.24) is 0 Å². The Morgan fingerprint density at radius 3 is 2.00 bits per heavy atom. The number of rotatable bonds is 2. The molecule has 0 aromatic rings. The minimum absolute atomic E-state index is 0.151. The Hall–Kier alpha value is 0.0500. The molecule has 0 aromatic heterocycles. The van der Waals surface area contributed by atoms with Crippen molar-refractivity contribution in [3.8, 4) is 0 Å². The van der Waals surface area contributed by atoms with E-state index in [2.05, 4.69) is 0 Å². The first kappa shape index (κ1) is 8.05. The Balaban J connectivity index is 3.91. The average molecular weight is 156 g/mol. The van der Waals surface area contributed by atoms with E-state index >= 15 is 0 Å². The number of halogens is 2. The smallest absolute Gasteiger partial charge is 0.244 e. The van der Waals surface area contributed by atoms with Gasteiger partial charge < -0.3 is 0 Å². The highest BCUT2D eigenvalue weighted by molar-refractivity contribution is 6.57. The molecule has 0 amide bonds. The summed E-state index contributed by atoms with van der Waals surface area (Å²) >= 11 is 10.3. The molecule has 0 bridgehead atoms. The highest BCUT2D eigenvalue weighted by Crippen LogP contribution is 2.24. The van der Waals surface area contributed by atoms with Crippen molar-refractivity contribution in [1.29, 1.82) is 0 Å². The van der Waals surface area contributed by atoms with E-state index < -0.39 is 10.3 Å². The molecular weight excluding hydrogens is 151 g/mol. The third-order valence-electron chi connectivity index (χ3n) is 0.743. The van der Waals surface area contributed by atoms with E-state index in [0.29, 0.717) is 0 Å². The Bertz CT molecular complexity index is 100. The molecule has 8 heavy (non-hydrogen) atoms. The lowest BCUT2D eigenvalue weighted by Crippen LogP contribution is -2.22. The average Bonchev–Trinajstić information content (AvgIpc) is 1.67. The van der Waals surface area contributed by atoms with Gasteiger partial charge in [-0.15, -0.1) is 0 Å². The van der Waals surface area contributed by atoms with Crippen molar-refractivity contribution in [2.45, 2.75) is 17.7 Å². The highest BCUT2D eigenvalue weighted by Gasteiger charge is 2.32. The summed E-state index contributed by atoms with van der Waals surface area (Å²) < 4.78 is -1.71. The fourth-order valence-electron chi connectivity index (χ4n) is 0.144. The molecule has 0 rings (SSSR count). The fraction of sp³-hybridized carbons (Fsp3) is 0.750. The van der Waals surface area contributed by atoms with Crippen molar-refractivity contribution >= 4 is 29.2 Å². The highest BCUT2D eigenvalue weighted by atomic mass is 35.5. The SMILES string of the molecule is CCC(Cl)(Cl)C([O])=O. The van der Waals surface area contributed by atoms with E-state index in [1.165, 1.54) is 0 Å². The maximum Gasteiger partial charge on any atom is 0.391 e. The summed E-state index contributed by atoms with van der Waals surface area (Å²) in [6.45, 7) is 1.57. The topological polar surface area (TPSA) is 37.0 Å². The summed E-state index contributed by atoms with van der Waals surface area (Å²) in [6, 6.07) is 0. The van der Waals surface area contributed by atoms with Gasteiger partial charge in [0, 0.05) is 0 Å². The van der Waals surface area contributed by atoms with Crippen LogP contribution in [-0.2, 0) is 9.90 Å². The summed E-state index contributed by atoms with van der Waals surface area (Å²) in [5.41, 5.74) is 0. The zero-order valence-corrected chi connectivity index (χ0v) is 5.79. The van der Waals surface area contributed by atoms with Gasteiger partial charge in [-0.1, -0.05) is 30.1 Å². The predicted octanol–water partition coefficient (Wildman–Crippen LogP) is 1.53. The van der Waals surface area contributed by atoms with E-state index in [1.54, 1.807) is 6.92 Å². The van der Waals surface area contributed by atoms with Gasteiger partial charge in [-0.25, -0.2) is 9.90 Å². The summed E-state index contributed by atoms with van der Waals surface area (Å²) in [5, 5.41) is 9.88. The summed E-state index contributed by atoms with van der Waals surface area (Å²) in [7, 11) is 0. The molecule has 0 aromatic carbocycles. The van der Waals surface area contributed by atoms with Gasteiger partial charge in [0.25, 0.3) is 0 Å². The second-order valence-corrected chi connectivity index (χ2v) is 2.83. The van der Waals surface area contributed by atoms with Crippen LogP contribution in [0.4, 0.5) is 0 Å². The lowest BCUT2D eigenvalue weighted by molar-refractivity contribution is -0.143. The lowest BCUT2D eigenvalue weighted by atomic mass is 10.3. The molecule has 0 saturated heterocycles. The second-order valence-electron chi connectivity index (χ2n) is 1.35. The monoisotopic (exact) mass is 155 g/mol. The number of alkyl halides is 2. The first-order valence-corrected chi connectivity index (χ1v) is 2.85. The van der Waals surface area contributed by atoms with E-state index in [0.717, 1.165) is 0 Å². The Morgan fingerprint density at radius 1 is 1.62 bits per heavy atom. The van der Waals surface area contributed by atoms with E-state index in [-0.39, 0.29) is 6.42 Å². The van der Waals surface area contributed by atoms with Crippen molar-refractivity contribution in [2.75, 3.05) is 0 Å². The third-order valence-corrected chi connectivity index (χ3v) is 1.59. The zero-order chi connectivity index (χ0) is 6.78. The standard InChI is InChI=1S/C4H5Cl2O2/c1-2-4(5,6)3(7)8/h2H2,1H3. The first-order chi connectivity index (χ1) is 3.50. The van der Waals surface area contributed by atoms with Gasteiger partial charge in [0.2, 0.25) is 4.33 Å². The third kappa shape index (κ3) is 1.88. The summed E-state index contributed by atoms with van der Waals surface area (Å²) in [6.07, 6.45) is 0.151. The van der Waals surface area contributed by atoms with E-state index in [4.69, 9.17) is 23.2 Å². The molecule has 47 valence electrons. The maximum atomic E-state index is 9.88. The number of hydrogen-bond donors (Lipinski definition) is 0. The summed E-state index contributed by atoms with van der Waals surface area (Å²) in [4.78, 5) is 9.88. The van der Waals surface area contributed by atoms with E-state index in [1.807, 2.05) is 0 Å². The molecule has 0 saturated carbocycles. The van der Waals surface area contributed by atoms with Crippen molar-refractivity contribution < 1.29 is 9.90 Å². The summed E-state index contributed by atoms with van der Waals surface area (Å²) in [5.74, 6) is -1.44. The molecule has 1 radical (unpaired) electrons. The van der Waals surface area contributed by atoms with Gasteiger partial charge in [0.1, 0.15) is 0 Å². The van der Waals surface area contributed by atoms with Crippen LogP contribution in [0.5, 0.6) is 0 Å². The molecule has 0 aliphatic heterocycles. The molecule has 0 spiro atoms. The fourth-order valence-corrected chi connectivity index (χ4v) is 0.144. The molecule has 0 aliphatic rings. The molecule has 4 heteroatoms. The van der Waals surface area contributed by atoms with Gasteiger partial charge in [0.15, 0.2) is 0 Å². The molecule has 0 fully saturated rings. The number of hydrogen-bond acceptors (Lipinski definition) is 1. The molecule has 2 nitrogen and oxygen atoms in total. The van der Waals surface area contributed by atoms with Gasteiger partial charge in [0.05, 0.1) is 0 Å². The molecule has 0 heterocycles. The van der Waals surface area contributed by atoms with Crippen LogP contribution in [0.2, 0.25) is 0 Å². The molecule has 0 atom stereocenters. The van der Waals surface area contributed by atoms with Gasteiger partial charge in [-0.05, 0) is 6.42 Å².